The second-order valence-corrected chi connectivity index (χ2v) is 3.56. The largest absolute Gasteiger partial charge is 0.263 e. The summed E-state index contributed by atoms with van der Waals surface area (Å²) in [4.78, 5) is 5.18. The molecule has 0 aromatic heterocycles. The van der Waals surface area contributed by atoms with E-state index in [2.05, 4.69) is 21.4 Å². The van der Waals surface area contributed by atoms with Crippen LogP contribution in [0.4, 0.5) is 4.39 Å². The van der Waals surface area contributed by atoms with Gasteiger partial charge in [-0.15, -0.1) is 0 Å². The van der Waals surface area contributed by atoms with Gasteiger partial charge in [-0.2, -0.15) is 0 Å². The summed E-state index contributed by atoms with van der Waals surface area (Å²) in [6.07, 6.45) is 1.72. The molecule has 1 heterocycles. The van der Waals surface area contributed by atoms with Gasteiger partial charge in [0.15, 0.2) is 0 Å². The van der Waals surface area contributed by atoms with Crippen LogP contribution in [0.1, 0.15) is 11.7 Å². The smallest absolute Gasteiger partial charge is 0.131 e. The summed E-state index contributed by atoms with van der Waals surface area (Å²) in [5.41, 5.74) is 3.59. The molecular weight excluding hydrogens is 237 g/mol. The summed E-state index contributed by atoms with van der Waals surface area (Å²) >= 11 is 3.24. The minimum atomic E-state index is -0.238. The van der Waals surface area contributed by atoms with Gasteiger partial charge in [0, 0.05) is 0 Å². The quantitative estimate of drug-likeness (QED) is 0.766. The Kier molecular flexibility index (Phi) is 2.33. The zero-order valence-electron chi connectivity index (χ0n) is 6.63. The van der Waals surface area contributed by atoms with Crippen molar-refractivity contribution >= 4 is 15.9 Å². The van der Waals surface area contributed by atoms with Crippen molar-refractivity contribution in [2.45, 2.75) is 6.10 Å². The fourth-order valence-corrected chi connectivity index (χ4v) is 1.47. The monoisotopic (exact) mass is 243 g/mol. The van der Waals surface area contributed by atoms with E-state index in [0.717, 1.165) is 10.2 Å². The average Bonchev–Trinajstić information content (AvgIpc) is 2.53. The number of hydrogen-bond acceptors (Lipinski definition) is 2. The summed E-state index contributed by atoms with van der Waals surface area (Å²) in [6.45, 7) is 0. The van der Waals surface area contributed by atoms with Crippen molar-refractivity contribution in [3.8, 4) is 0 Å². The van der Waals surface area contributed by atoms with Crippen molar-refractivity contribution < 1.29 is 9.23 Å². The molecule has 4 heteroatoms. The van der Waals surface area contributed by atoms with E-state index < -0.39 is 0 Å². The zero-order valence-corrected chi connectivity index (χ0v) is 8.21. The Bertz CT molecular complexity index is 336. The van der Waals surface area contributed by atoms with E-state index in [1.807, 2.05) is 6.08 Å². The van der Waals surface area contributed by atoms with Gasteiger partial charge in [0.2, 0.25) is 0 Å². The molecule has 0 radical (unpaired) electrons. The summed E-state index contributed by atoms with van der Waals surface area (Å²) in [6, 6.07) is 6.23. The molecule has 0 bridgehead atoms. The number of hydrogen-bond donors (Lipinski definition) is 1. The highest BCUT2D eigenvalue weighted by Gasteiger charge is 2.16. The first-order chi connectivity index (χ1) is 6.25. The maximum Gasteiger partial charge on any atom is 0.131 e. The van der Waals surface area contributed by atoms with Crippen molar-refractivity contribution in [2.24, 2.45) is 0 Å². The first-order valence-corrected chi connectivity index (χ1v) is 4.59. The van der Waals surface area contributed by atoms with Gasteiger partial charge in [-0.25, -0.2) is 4.39 Å². The third-order valence-electron chi connectivity index (χ3n) is 1.78. The van der Waals surface area contributed by atoms with Crippen LogP contribution in [-0.4, -0.2) is 0 Å². The molecule has 0 unspecified atom stereocenters. The second kappa shape index (κ2) is 3.47. The van der Waals surface area contributed by atoms with Gasteiger partial charge in [-0.1, -0.05) is 12.1 Å². The van der Waals surface area contributed by atoms with Crippen LogP contribution in [0, 0.1) is 5.82 Å². The number of rotatable bonds is 1. The van der Waals surface area contributed by atoms with Crippen LogP contribution < -0.4 is 5.48 Å². The van der Waals surface area contributed by atoms with Crippen molar-refractivity contribution in [2.75, 3.05) is 0 Å². The topological polar surface area (TPSA) is 21.3 Å². The summed E-state index contributed by atoms with van der Waals surface area (Å²) < 4.78 is 13.4. The standard InChI is InChI=1S/C9H7BrFNO/c10-9-5-8(13-12-9)6-1-3-7(11)4-2-6/h1-5,8,12H/t8-/m1/s1. The van der Waals surface area contributed by atoms with Crippen LogP contribution in [0.15, 0.2) is 34.9 Å². The predicted octanol–water partition coefficient (Wildman–Crippen LogP) is 2.64. The molecular formula is C9H7BrFNO. The number of nitrogens with one attached hydrogen (secondary N) is 1. The lowest BCUT2D eigenvalue weighted by Crippen LogP contribution is -2.05. The SMILES string of the molecule is Fc1ccc([C@H]2C=C(Br)NO2)cc1. The molecule has 0 fully saturated rings. The van der Waals surface area contributed by atoms with Gasteiger partial charge in [-0.05, 0) is 39.7 Å². The molecule has 0 saturated carbocycles. The number of benzene rings is 1. The Morgan fingerprint density at radius 2 is 2.00 bits per heavy atom. The van der Waals surface area contributed by atoms with Crippen LogP contribution in [0.5, 0.6) is 0 Å². The zero-order chi connectivity index (χ0) is 9.26. The van der Waals surface area contributed by atoms with Gasteiger partial charge < -0.3 is 0 Å². The molecule has 1 N–H and O–H groups in total. The van der Waals surface area contributed by atoms with E-state index in [1.54, 1.807) is 12.1 Å². The molecule has 2 nitrogen and oxygen atoms in total. The van der Waals surface area contributed by atoms with E-state index in [1.165, 1.54) is 12.1 Å². The summed E-state index contributed by atoms with van der Waals surface area (Å²) in [5, 5.41) is 0. The molecule has 68 valence electrons. The lowest BCUT2D eigenvalue weighted by atomic mass is 10.1. The molecule has 1 aromatic carbocycles. The van der Waals surface area contributed by atoms with Gasteiger partial charge in [0.1, 0.15) is 16.5 Å². The molecule has 1 atom stereocenters. The lowest BCUT2D eigenvalue weighted by Gasteiger charge is -2.06. The molecule has 1 aliphatic heterocycles. The average molecular weight is 244 g/mol. The van der Waals surface area contributed by atoms with Crippen LogP contribution in [0.2, 0.25) is 0 Å². The normalized spacial score (nSPS) is 21.1. The number of hydroxylamine groups is 1. The Morgan fingerprint density at radius 1 is 1.31 bits per heavy atom. The fraction of sp³-hybridized carbons (Fsp3) is 0.111. The first-order valence-electron chi connectivity index (χ1n) is 3.80. The van der Waals surface area contributed by atoms with Crippen LogP contribution in [0.3, 0.4) is 0 Å². The van der Waals surface area contributed by atoms with E-state index >= 15 is 0 Å². The van der Waals surface area contributed by atoms with Crippen LogP contribution in [0.25, 0.3) is 0 Å². The Labute approximate surface area is 83.5 Å². The minimum Gasteiger partial charge on any atom is -0.263 e. The minimum absolute atomic E-state index is 0.144. The second-order valence-electron chi connectivity index (χ2n) is 2.71. The maximum absolute atomic E-state index is 12.6. The van der Waals surface area contributed by atoms with E-state index in [-0.39, 0.29) is 11.9 Å². The van der Waals surface area contributed by atoms with E-state index in [4.69, 9.17) is 4.84 Å². The molecule has 13 heavy (non-hydrogen) atoms. The lowest BCUT2D eigenvalue weighted by molar-refractivity contribution is 0.0457. The number of halogens is 2. The van der Waals surface area contributed by atoms with Crippen molar-refractivity contribution in [1.29, 1.82) is 0 Å². The Morgan fingerprint density at radius 3 is 2.54 bits per heavy atom. The third-order valence-corrected chi connectivity index (χ3v) is 2.21. The Hall–Kier alpha value is -0.870. The van der Waals surface area contributed by atoms with Gasteiger partial charge in [-0.3, -0.25) is 10.3 Å². The fourth-order valence-electron chi connectivity index (χ4n) is 1.14. The van der Waals surface area contributed by atoms with Gasteiger partial charge >= 0.3 is 0 Å². The summed E-state index contributed by atoms with van der Waals surface area (Å²) in [5.74, 6) is -0.238. The van der Waals surface area contributed by atoms with Crippen LogP contribution in [-0.2, 0) is 4.84 Å². The van der Waals surface area contributed by atoms with E-state index in [9.17, 15) is 4.39 Å². The highest BCUT2D eigenvalue weighted by Crippen LogP contribution is 2.25. The highest BCUT2D eigenvalue weighted by molar-refractivity contribution is 9.11. The molecule has 2 rings (SSSR count). The molecule has 1 aromatic rings. The van der Waals surface area contributed by atoms with Gasteiger partial charge in [0.05, 0.1) is 0 Å². The van der Waals surface area contributed by atoms with Crippen molar-refractivity contribution in [1.82, 2.24) is 5.48 Å². The first kappa shape index (κ1) is 8.72. The van der Waals surface area contributed by atoms with Crippen molar-refractivity contribution in [3.05, 3.63) is 46.3 Å². The molecule has 0 saturated heterocycles. The molecule has 1 aliphatic rings. The van der Waals surface area contributed by atoms with Crippen LogP contribution >= 0.6 is 15.9 Å². The molecule has 0 amide bonds. The van der Waals surface area contributed by atoms with Crippen molar-refractivity contribution in [3.63, 3.8) is 0 Å². The highest BCUT2D eigenvalue weighted by atomic mass is 79.9. The molecule has 0 spiro atoms. The maximum atomic E-state index is 12.6. The van der Waals surface area contributed by atoms with E-state index in [0.29, 0.717) is 0 Å². The Balaban J connectivity index is 2.22. The van der Waals surface area contributed by atoms with Gasteiger partial charge in [0.25, 0.3) is 0 Å². The summed E-state index contributed by atoms with van der Waals surface area (Å²) in [7, 11) is 0. The molecule has 0 aliphatic carbocycles. The third kappa shape index (κ3) is 1.89. The predicted molar refractivity (Wildman–Crippen MR) is 50.4 cm³/mol.